The largest absolute Gasteiger partial charge is 0.456 e. The maximum atomic E-state index is 6.29. The third kappa shape index (κ3) is 6.51. The van der Waals surface area contributed by atoms with E-state index in [4.69, 9.17) is 14.4 Å². The zero-order chi connectivity index (χ0) is 45.0. The quantitative estimate of drug-likeness (QED) is 0.153. The van der Waals surface area contributed by atoms with Crippen LogP contribution >= 0.6 is 0 Å². The Bertz CT molecular complexity index is 3800. The molecular weight excluding hydrogens is 825 g/mol. The van der Waals surface area contributed by atoms with E-state index in [1.807, 2.05) is 18.2 Å². The molecule has 318 valence electrons. The molecule has 68 heavy (non-hydrogen) atoms. The van der Waals surface area contributed by atoms with E-state index in [-0.39, 0.29) is 0 Å². The summed E-state index contributed by atoms with van der Waals surface area (Å²) < 4.78 is 6.29. The summed E-state index contributed by atoms with van der Waals surface area (Å²) in [4.78, 5) is 10.9. The van der Waals surface area contributed by atoms with E-state index in [1.165, 1.54) is 38.9 Å². The first kappa shape index (κ1) is 39.4. The van der Waals surface area contributed by atoms with Gasteiger partial charge in [-0.3, -0.25) is 0 Å². The first-order valence-corrected chi connectivity index (χ1v) is 23.2. The molecule has 2 heterocycles. The molecule has 10 aromatic carbocycles. The zero-order valence-electron chi connectivity index (χ0n) is 37.1. The molecule has 13 rings (SSSR count). The van der Waals surface area contributed by atoms with Gasteiger partial charge in [-0.25, -0.2) is 9.97 Å². The Balaban J connectivity index is 1.06. The van der Waals surface area contributed by atoms with E-state index >= 15 is 0 Å². The molecule has 0 atom stereocenters. The molecule has 0 unspecified atom stereocenters. The van der Waals surface area contributed by atoms with E-state index in [1.54, 1.807) is 0 Å². The Labute approximate surface area is 395 Å². The van der Waals surface area contributed by atoms with Gasteiger partial charge in [0.25, 0.3) is 0 Å². The van der Waals surface area contributed by atoms with Gasteiger partial charge in [0.05, 0.1) is 16.8 Å². The average molecular weight is 867 g/mol. The highest BCUT2D eigenvalue weighted by Gasteiger charge is 2.46. The van der Waals surface area contributed by atoms with Gasteiger partial charge in [-0.05, 0) is 115 Å². The summed E-state index contributed by atoms with van der Waals surface area (Å²) in [7, 11) is 0. The summed E-state index contributed by atoms with van der Waals surface area (Å²) in [6, 6.07) is 91.3. The number of furan rings is 1. The maximum Gasteiger partial charge on any atom is 0.160 e. The fraction of sp³-hybridized carbons (Fsp3) is 0.0154. The van der Waals surface area contributed by atoms with E-state index in [0.717, 1.165) is 77.8 Å². The third-order valence-corrected chi connectivity index (χ3v) is 13.8. The number of para-hydroxylation sites is 1. The standard InChI is InChI=1S/C65H42N2O/c1-5-19-43(20-6-1)45-23-17-24-46(37-45)48-38-49(47-35-36-62-56(41-47)53-29-14-16-34-61(53)68-62)40-50(39-48)59-42-60(67-64(66-59)44-21-7-2-8-22-44)55-31-18-33-58-63(55)54-30-13-15-32-57(54)65(58,51-25-9-3-10-26-51)52-27-11-4-12-28-52/h1-42H. The number of nitrogens with zero attached hydrogens (tertiary/aromatic N) is 2. The van der Waals surface area contributed by atoms with Crippen LogP contribution in [0.5, 0.6) is 0 Å². The molecule has 0 fully saturated rings. The molecule has 3 nitrogen and oxygen atoms in total. The second-order valence-electron chi connectivity index (χ2n) is 17.6. The van der Waals surface area contributed by atoms with Crippen molar-refractivity contribution >= 4 is 21.9 Å². The highest BCUT2D eigenvalue weighted by atomic mass is 16.3. The van der Waals surface area contributed by atoms with Gasteiger partial charge in [-0.1, -0.05) is 206 Å². The molecule has 0 spiro atoms. The van der Waals surface area contributed by atoms with Crippen molar-refractivity contribution in [3.8, 4) is 78.4 Å². The van der Waals surface area contributed by atoms with Crippen molar-refractivity contribution in [1.29, 1.82) is 0 Å². The second kappa shape index (κ2) is 16.2. The Morgan fingerprint density at radius 2 is 0.794 bits per heavy atom. The maximum absolute atomic E-state index is 6.29. The summed E-state index contributed by atoms with van der Waals surface area (Å²) in [6.07, 6.45) is 0. The van der Waals surface area contributed by atoms with Crippen LogP contribution < -0.4 is 0 Å². The fourth-order valence-electron chi connectivity index (χ4n) is 10.7. The van der Waals surface area contributed by atoms with Crippen LogP contribution in [0, 0.1) is 0 Å². The van der Waals surface area contributed by atoms with Crippen molar-refractivity contribution < 1.29 is 4.42 Å². The first-order chi connectivity index (χ1) is 33.7. The van der Waals surface area contributed by atoms with Crippen LogP contribution in [0.1, 0.15) is 22.3 Å². The second-order valence-corrected chi connectivity index (χ2v) is 17.6. The topological polar surface area (TPSA) is 38.9 Å². The van der Waals surface area contributed by atoms with E-state index in [9.17, 15) is 0 Å². The van der Waals surface area contributed by atoms with Crippen molar-refractivity contribution in [2.75, 3.05) is 0 Å². The first-order valence-electron chi connectivity index (χ1n) is 23.2. The molecule has 0 radical (unpaired) electrons. The highest BCUT2D eigenvalue weighted by Crippen LogP contribution is 2.58. The summed E-state index contributed by atoms with van der Waals surface area (Å²) in [6.45, 7) is 0. The van der Waals surface area contributed by atoms with Gasteiger partial charge in [0.2, 0.25) is 0 Å². The molecule has 12 aromatic rings. The minimum Gasteiger partial charge on any atom is -0.456 e. The SMILES string of the molecule is c1ccc(-c2cccc(-c3cc(-c4ccc5oc6ccccc6c5c4)cc(-c4cc(-c5cccc6c5-c5ccccc5C6(c5ccccc5)c5ccccc5)nc(-c5ccccc5)n4)c3)c2)cc1. The molecule has 1 aliphatic rings. The van der Waals surface area contributed by atoms with Crippen LogP contribution in [0.15, 0.2) is 259 Å². The lowest BCUT2D eigenvalue weighted by Gasteiger charge is -2.33. The van der Waals surface area contributed by atoms with Crippen LogP contribution in [-0.2, 0) is 5.41 Å². The van der Waals surface area contributed by atoms with Gasteiger partial charge in [-0.2, -0.15) is 0 Å². The van der Waals surface area contributed by atoms with Gasteiger partial charge in [-0.15, -0.1) is 0 Å². The summed E-state index contributed by atoms with van der Waals surface area (Å²) in [5.41, 5.74) is 20.0. The lowest BCUT2D eigenvalue weighted by molar-refractivity contribution is 0.669. The van der Waals surface area contributed by atoms with Crippen molar-refractivity contribution in [2.24, 2.45) is 0 Å². The smallest absolute Gasteiger partial charge is 0.160 e. The van der Waals surface area contributed by atoms with Gasteiger partial charge in [0.1, 0.15) is 11.2 Å². The highest BCUT2D eigenvalue weighted by molar-refractivity contribution is 6.06. The van der Waals surface area contributed by atoms with Gasteiger partial charge in [0, 0.05) is 27.5 Å². The Morgan fingerprint density at radius 1 is 0.294 bits per heavy atom. The number of hydrogen-bond donors (Lipinski definition) is 0. The van der Waals surface area contributed by atoms with Crippen LogP contribution in [0.4, 0.5) is 0 Å². The number of fused-ring (bicyclic) bond motifs is 6. The molecule has 0 aliphatic heterocycles. The molecule has 0 bridgehead atoms. The van der Waals surface area contributed by atoms with Crippen molar-refractivity contribution in [3.63, 3.8) is 0 Å². The molecule has 0 saturated carbocycles. The predicted molar refractivity (Wildman–Crippen MR) is 279 cm³/mol. The predicted octanol–water partition coefficient (Wildman–Crippen LogP) is 16.7. The normalized spacial score (nSPS) is 12.5. The van der Waals surface area contributed by atoms with E-state index < -0.39 is 5.41 Å². The summed E-state index contributed by atoms with van der Waals surface area (Å²) in [5, 5.41) is 2.19. The average Bonchev–Trinajstić information content (AvgIpc) is 3.95. The van der Waals surface area contributed by atoms with Crippen molar-refractivity contribution in [1.82, 2.24) is 9.97 Å². The van der Waals surface area contributed by atoms with Crippen LogP contribution in [-0.4, -0.2) is 9.97 Å². The van der Waals surface area contributed by atoms with Gasteiger partial charge >= 0.3 is 0 Å². The molecule has 0 N–H and O–H groups in total. The van der Waals surface area contributed by atoms with Crippen LogP contribution in [0.25, 0.3) is 100 Å². The molecule has 3 heteroatoms. The number of aromatic nitrogens is 2. The number of rotatable bonds is 8. The molecule has 2 aromatic heterocycles. The Kier molecular flexibility index (Phi) is 9.40. The fourth-order valence-corrected chi connectivity index (χ4v) is 10.7. The number of benzene rings is 10. The van der Waals surface area contributed by atoms with Gasteiger partial charge in [0.15, 0.2) is 5.82 Å². The minimum absolute atomic E-state index is 0.540. The van der Waals surface area contributed by atoms with Crippen LogP contribution in [0.3, 0.4) is 0 Å². The van der Waals surface area contributed by atoms with E-state index in [2.05, 4.69) is 237 Å². The van der Waals surface area contributed by atoms with Crippen molar-refractivity contribution in [3.05, 3.63) is 277 Å². The lowest BCUT2D eigenvalue weighted by Crippen LogP contribution is -2.28. The minimum atomic E-state index is -0.540. The Hall–Kier alpha value is -8.92. The lowest BCUT2D eigenvalue weighted by atomic mass is 9.67. The summed E-state index contributed by atoms with van der Waals surface area (Å²) in [5.74, 6) is 0.670. The van der Waals surface area contributed by atoms with Crippen LogP contribution in [0.2, 0.25) is 0 Å². The summed E-state index contributed by atoms with van der Waals surface area (Å²) >= 11 is 0. The monoisotopic (exact) mass is 866 g/mol. The van der Waals surface area contributed by atoms with E-state index in [0.29, 0.717) is 5.82 Å². The molecule has 1 aliphatic carbocycles. The molecular formula is C65H42N2O. The van der Waals surface area contributed by atoms with Gasteiger partial charge < -0.3 is 4.42 Å². The third-order valence-electron chi connectivity index (χ3n) is 13.8. The zero-order valence-corrected chi connectivity index (χ0v) is 37.1. The molecule has 0 amide bonds. The van der Waals surface area contributed by atoms with Crippen molar-refractivity contribution in [2.45, 2.75) is 5.41 Å². The Morgan fingerprint density at radius 3 is 1.53 bits per heavy atom. The molecule has 0 saturated heterocycles. The number of hydrogen-bond acceptors (Lipinski definition) is 3.